The highest BCUT2D eigenvalue weighted by Gasteiger charge is 2.38. The van der Waals surface area contributed by atoms with Gasteiger partial charge in [-0.05, 0) is 34.1 Å². The summed E-state index contributed by atoms with van der Waals surface area (Å²) in [6.07, 6.45) is 7.66. The molecule has 1 atom stereocenters. The second-order valence-corrected chi connectivity index (χ2v) is 6.62. The highest BCUT2D eigenvalue weighted by atomic mass is 16.9. The molecule has 0 spiro atoms. The maximum Gasteiger partial charge on any atom is 0.286 e. The molecule has 0 aromatic heterocycles. The molecule has 0 saturated heterocycles. The lowest BCUT2D eigenvalue weighted by Gasteiger charge is -2.39. The van der Waals surface area contributed by atoms with Gasteiger partial charge in [-0.15, -0.1) is 0 Å². The number of rotatable bonds is 20. The van der Waals surface area contributed by atoms with E-state index >= 15 is 0 Å². The van der Waals surface area contributed by atoms with E-state index in [1.807, 2.05) is 27.7 Å². The molecule has 0 rings (SSSR count). The van der Waals surface area contributed by atoms with Crippen molar-refractivity contribution < 1.29 is 24.1 Å². The first-order valence-electron chi connectivity index (χ1n) is 11.0. The molecule has 0 aromatic carbocycles. The fraction of sp³-hybridized carbons (Fsp3) is 1.00. The summed E-state index contributed by atoms with van der Waals surface area (Å²) in [7, 11) is 0. The van der Waals surface area contributed by atoms with Crippen LogP contribution in [0, 0.1) is 0 Å². The fourth-order valence-electron chi connectivity index (χ4n) is 3.28. The molecule has 27 heavy (non-hydrogen) atoms. The normalized spacial score (nSPS) is 13.4. The van der Waals surface area contributed by atoms with Crippen LogP contribution in [0.3, 0.4) is 0 Å². The molecule has 0 heterocycles. The lowest BCUT2D eigenvalue weighted by atomic mass is 10.1. The quantitative estimate of drug-likeness (QED) is 0.248. The zero-order valence-corrected chi connectivity index (χ0v) is 18.5. The third-order valence-corrected chi connectivity index (χ3v) is 4.47. The zero-order valence-electron chi connectivity index (χ0n) is 18.5. The van der Waals surface area contributed by atoms with Crippen molar-refractivity contribution in [2.45, 2.75) is 91.8 Å². The van der Waals surface area contributed by atoms with E-state index in [0.717, 1.165) is 13.0 Å². The zero-order chi connectivity index (χ0) is 20.4. The van der Waals surface area contributed by atoms with Crippen molar-refractivity contribution in [3.63, 3.8) is 0 Å². The number of unbranched alkanes of at least 4 members (excludes halogenated alkanes) is 5. The van der Waals surface area contributed by atoms with E-state index in [4.69, 9.17) is 18.9 Å². The SMILES string of the molecule is CCCCCCCCN(CCO)C(CC(OCC)(OCC)OCC)OCC. The fourth-order valence-corrected chi connectivity index (χ4v) is 3.28. The van der Waals surface area contributed by atoms with Gasteiger partial charge in [0.15, 0.2) is 0 Å². The molecule has 0 radical (unpaired) electrons. The maximum atomic E-state index is 9.54. The van der Waals surface area contributed by atoms with Crippen LogP contribution in [-0.4, -0.2) is 68.3 Å². The van der Waals surface area contributed by atoms with Gasteiger partial charge in [-0.25, -0.2) is 0 Å². The molecule has 6 heteroatoms. The van der Waals surface area contributed by atoms with E-state index in [1.54, 1.807) is 0 Å². The number of hydrogen-bond donors (Lipinski definition) is 1. The van der Waals surface area contributed by atoms with Crippen molar-refractivity contribution in [1.29, 1.82) is 0 Å². The van der Waals surface area contributed by atoms with Gasteiger partial charge in [-0.3, -0.25) is 4.90 Å². The van der Waals surface area contributed by atoms with Crippen LogP contribution in [0.2, 0.25) is 0 Å². The molecule has 1 N–H and O–H groups in total. The monoisotopic (exact) mass is 391 g/mol. The Labute approximate surface area is 167 Å². The average Bonchev–Trinajstić information content (AvgIpc) is 2.64. The van der Waals surface area contributed by atoms with E-state index in [9.17, 15) is 5.11 Å². The Morgan fingerprint density at radius 3 is 1.78 bits per heavy atom. The molecule has 0 aromatic rings. The van der Waals surface area contributed by atoms with Crippen LogP contribution < -0.4 is 0 Å². The van der Waals surface area contributed by atoms with Crippen LogP contribution in [-0.2, 0) is 18.9 Å². The van der Waals surface area contributed by atoms with Gasteiger partial charge in [0.1, 0.15) is 6.23 Å². The van der Waals surface area contributed by atoms with Crippen LogP contribution in [0.5, 0.6) is 0 Å². The highest BCUT2D eigenvalue weighted by molar-refractivity contribution is 4.71. The number of nitrogens with zero attached hydrogens (tertiary/aromatic N) is 1. The highest BCUT2D eigenvalue weighted by Crippen LogP contribution is 2.26. The average molecular weight is 392 g/mol. The first-order chi connectivity index (χ1) is 13.1. The third-order valence-electron chi connectivity index (χ3n) is 4.47. The molecule has 6 nitrogen and oxygen atoms in total. The molecule has 0 aliphatic rings. The summed E-state index contributed by atoms with van der Waals surface area (Å²) < 4.78 is 23.6. The summed E-state index contributed by atoms with van der Waals surface area (Å²) in [6, 6.07) is 0. The Morgan fingerprint density at radius 2 is 1.30 bits per heavy atom. The van der Waals surface area contributed by atoms with E-state index < -0.39 is 5.97 Å². The minimum atomic E-state index is -1.10. The summed E-state index contributed by atoms with van der Waals surface area (Å²) in [5.41, 5.74) is 0. The van der Waals surface area contributed by atoms with Gasteiger partial charge in [0.05, 0.1) is 13.0 Å². The maximum absolute atomic E-state index is 9.54. The van der Waals surface area contributed by atoms with Gasteiger partial charge >= 0.3 is 0 Å². The van der Waals surface area contributed by atoms with Gasteiger partial charge in [-0.1, -0.05) is 39.0 Å². The Bertz CT molecular complexity index is 300. The second kappa shape index (κ2) is 17.8. The number of aliphatic hydroxyl groups excluding tert-OH is 1. The van der Waals surface area contributed by atoms with Gasteiger partial charge < -0.3 is 24.1 Å². The summed E-state index contributed by atoms with van der Waals surface area (Å²) in [5.74, 6) is -1.10. The smallest absolute Gasteiger partial charge is 0.286 e. The predicted molar refractivity (Wildman–Crippen MR) is 110 cm³/mol. The Kier molecular flexibility index (Phi) is 17.7. The molecule has 0 aliphatic carbocycles. The Balaban J connectivity index is 4.97. The van der Waals surface area contributed by atoms with Gasteiger partial charge in [0.2, 0.25) is 0 Å². The Morgan fingerprint density at radius 1 is 0.741 bits per heavy atom. The van der Waals surface area contributed by atoms with Crippen LogP contribution in [0.4, 0.5) is 0 Å². The van der Waals surface area contributed by atoms with Crippen molar-refractivity contribution in [1.82, 2.24) is 4.90 Å². The topological polar surface area (TPSA) is 60.4 Å². The number of hydrogen-bond acceptors (Lipinski definition) is 6. The number of ether oxygens (including phenoxy) is 4. The van der Waals surface area contributed by atoms with Crippen molar-refractivity contribution in [3.8, 4) is 0 Å². The van der Waals surface area contributed by atoms with Crippen LogP contribution in [0.25, 0.3) is 0 Å². The summed E-state index contributed by atoms with van der Waals surface area (Å²) in [4.78, 5) is 2.19. The van der Waals surface area contributed by atoms with Gasteiger partial charge in [0, 0.05) is 39.5 Å². The molecule has 1 unspecified atom stereocenters. The molecule has 0 aliphatic heterocycles. The van der Waals surface area contributed by atoms with Crippen LogP contribution in [0.15, 0.2) is 0 Å². The van der Waals surface area contributed by atoms with E-state index in [0.29, 0.717) is 39.4 Å². The van der Waals surface area contributed by atoms with Crippen molar-refractivity contribution in [2.75, 3.05) is 46.1 Å². The summed E-state index contributed by atoms with van der Waals surface area (Å²) in [6.45, 7) is 13.7. The number of aliphatic hydroxyl groups is 1. The van der Waals surface area contributed by atoms with E-state index in [1.165, 1.54) is 32.1 Å². The molecule has 0 bridgehead atoms. The minimum Gasteiger partial charge on any atom is -0.395 e. The second-order valence-electron chi connectivity index (χ2n) is 6.62. The standard InChI is InChI=1S/C21H45NO5/c1-6-11-12-13-14-15-16-22(17-18-23)20(24-7-2)19-21(25-8-3,26-9-4)27-10-5/h20,23H,6-19H2,1-5H3. The molecular formula is C21H45NO5. The lowest BCUT2D eigenvalue weighted by Crippen LogP contribution is -2.49. The van der Waals surface area contributed by atoms with Crippen LogP contribution in [0.1, 0.15) is 79.6 Å². The van der Waals surface area contributed by atoms with E-state index in [-0.39, 0.29) is 12.8 Å². The first-order valence-corrected chi connectivity index (χ1v) is 11.0. The Hall–Kier alpha value is -0.240. The van der Waals surface area contributed by atoms with Crippen molar-refractivity contribution in [2.24, 2.45) is 0 Å². The van der Waals surface area contributed by atoms with E-state index in [2.05, 4.69) is 11.8 Å². The predicted octanol–water partition coefficient (Wildman–Crippen LogP) is 4.16. The van der Waals surface area contributed by atoms with Gasteiger partial charge in [0.25, 0.3) is 5.97 Å². The van der Waals surface area contributed by atoms with Crippen molar-refractivity contribution in [3.05, 3.63) is 0 Å². The third kappa shape index (κ3) is 12.0. The van der Waals surface area contributed by atoms with Crippen LogP contribution >= 0.6 is 0 Å². The first kappa shape index (κ1) is 26.8. The minimum absolute atomic E-state index is 0.102. The largest absolute Gasteiger partial charge is 0.395 e. The molecule has 164 valence electrons. The summed E-state index contributed by atoms with van der Waals surface area (Å²) in [5, 5.41) is 9.54. The molecular weight excluding hydrogens is 346 g/mol. The molecule has 0 amide bonds. The molecule has 0 fully saturated rings. The molecule has 0 saturated carbocycles. The lowest BCUT2D eigenvalue weighted by molar-refractivity contribution is -0.390. The van der Waals surface area contributed by atoms with Crippen molar-refractivity contribution >= 4 is 0 Å². The van der Waals surface area contributed by atoms with Gasteiger partial charge in [-0.2, -0.15) is 0 Å². The summed E-state index contributed by atoms with van der Waals surface area (Å²) >= 11 is 0.